The Morgan fingerprint density at radius 1 is 1.16 bits per heavy atom. The van der Waals surface area contributed by atoms with Crippen LogP contribution in [0.15, 0.2) is 24.3 Å². The van der Waals surface area contributed by atoms with Crippen LogP contribution in [0.3, 0.4) is 0 Å². The summed E-state index contributed by atoms with van der Waals surface area (Å²) < 4.78 is 6.00. The fraction of sp³-hybridized carbons (Fsp3) is 0.357. The quantitative estimate of drug-likeness (QED) is 0.859. The van der Waals surface area contributed by atoms with Crippen LogP contribution >= 0.6 is 23.2 Å². The summed E-state index contributed by atoms with van der Waals surface area (Å²) in [7, 11) is 0. The van der Waals surface area contributed by atoms with Gasteiger partial charge in [-0.25, -0.2) is 4.98 Å². The van der Waals surface area contributed by atoms with Crippen molar-refractivity contribution < 1.29 is 4.74 Å². The van der Waals surface area contributed by atoms with E-state index in [9.17, 15) is 0 Å². The molecule has 0 saturated carbocycles. The number of benzene rings is 1. The van der Waals surface area contributed by atoms with E-state index in [1.54, 1.807) is 6.07 Å². The van der Waals surface area contributed by atoms with Gasteiger partial charge in [0.1, 0.15) is 22.2 Å². The molecule has 2 aromatic rings. The topological polar surface area (TPSA) is 34.1 Å². The number of rotatable bonds is 2. The van der Waals surface area contributed by atoms with Gasteiger partial charge >= 0.3 is 0 Å². The Morgan fingerprint density at radius 2 is 1.95 bits per heavy atom. The Kier molecular flexibility index (Phi) is 3.78. The molecule has 1 aliphatic rings. The number of ether oxygens (including phenoxy) is 1. The maximum Gasteiger partial charge on any atom is 0.138 e. The molecule has 1 fully saturated rings. The molecule has 0 amide bonds. The molecule has 100 valence electrons. The average molecular weight is 297 g/mol. The normalized spacial score (nSPS) is 16.7. The molecule has 0 bridgehead atoms. The summed E-state index contributed by atoms with van der Waals surface area (Å²) in [6, 6.07) is 7.64. The minimum atomic E-state index is 0.284. The molecule has 0 radical (unpaired) electrons. The van der Waals surface area contributed by atoms with E-state index in [0.717, 1.165) is 42.5 Å². The molecule has 5 heteroatoms. The predicted octanol–water partition coefficient (Wildman–Crippen LogP) is 3.67. The highest BCUT2D eigenvalue weighted by molar-refractivity contribution is 6.36. The summed E-state index contributed by atoms with van der Waals surface area (Å²) in [5, 5.41) is 6.00. The van der Waals surface area contributed by atoms with Gasteiger partial charge in [0.25, 0.3) is 0 Å². The average Bonchev–Trinajstić information content (AvgIpc) is 2.39. The van der Waals surface area contributed by atoms with Gasteiger partial charge in [-0.3, -0.25) is 0 Å². The van der Waals surface area contributed by atoms with Gasteiger partial charge < -0.3 is 10.1 Å². The second-order valence-corrected chi connectivity index (χ2v) is 5.43. The fourth-order valence-corrected chi connectivity index (χ4v) is 2.85. The molecular weight excluding hydrogens is 283 g/mol. The van der Waals surface area contributed by atoms with E-state index >= 15 is 0 Å². The van der Waals surface area contributed by atoms with Gasteiger partial charge in [-0.05, 0) is 55.6 Å². The van der Waals surface area contributed by atoms with Crippen LogP contribution in [0.5, 0.6) is 5.75 Å². The molecule has 0 atom stereocenters. The number of halogens is 2. The van der Waals surface area contributed by atoms with E-state index in [0.29, 0.717) is 10.3 Å². The van der Waals surface area contributed by atoms with Crippen LogP contribution in [-0.4, -0.2) is 24.2 Å². The molecule has 0 spiro atoms. The second kappa shape index (κ2) is 5.53. The van der Waals surface area contributed by atoms with E-state index in [2.05, 4.69) is 10.3 Å². The number of nitrogens with zero attached hydrogens (tertiary/aromatic N) is 1. The molecule has 2 heterocycles. The van der Waals surface area contributed by atoms with Gasteiger partial charge in [-0.2, -0.15) is 0 Å². The first-order valence-electron chi connectivity index (χ1n) is 6.35. The van der Waals surface area contributed by atoms with Gasteiger partial charge in [0.2, 0.25) is 0 Å². The first kappa shape index (κ1) is 13.0. The van der Waals surface area contributed by atoms with Crippen LogP contribution in [0.2, 0.25) is 10.3 Å². The van der Waals surface area contributed by atoms with Crippen molar-refractivity contribution in [3.8, 4) is 5.75 Å². The van der Waals surface area contributed by atoms with Crippen molar-refractivity contribution in [1.29, 1.82) is 0 Å². The van der Waals surface area contributed by atoms with Gasteiger partial charge in [0.05, 0.1) is 0 Å². The van der Waals surface area contributed by atoms with Crippen molar-refractivity contribution in [2.75, 3.05) is 13.1 Å². The SMILES string of the molecule is Clc1cc2cc(OC3CCNCC3)ccc2c(Cl)n1. The molecule has 0 unspecified atom stereocenters. The minimum absolute atomic E-state index is 0.284. The Labute approximate surface area is 121 Å². The lowest BCUT2D eigenvalue weighted by molar-refractivity contribution is 0.162. The van der Waals surface area contributed by atoms with Crippen molar-refractivity contribution in [1.82, 2.24) is 10.3 Å². The highest BCUT2D eigenvalue weighted by Crippen LogP contribution is 2.29. The molecular formula is C14H14Cl2N2O. The van der Waals surface area contributed by atoms with Crippen molar-refractivity contribution in [2.45, 2.75) is 18.9 Å². The molecule has 1 saturated heterocycles. The predicted molar refractivity (Wildman–Crippen MR) is 78.3 cm³/mol. The lowest BCUT2D eigenvalue weighted by Crippen LogP contribution is -2.34. The number of hydrogen-bond donors (Lipinski definition) is 1. The number of fused-ring (bicyclic) bond motifs is 1. The zero-order chi connectivity index (χ0) is 13.2. The van der Waals surface area contributed by atoms with E-state index in [4.69, 9.17) is 27.9 Å². The molecule has 1 aliphatic heterocycles. The van der Waals surface area contributed by atoms with Gasteiger partial charge in [0, 0.05) is 5.39 Å². The van der Waals surface area contributed by atoms with Gasteiger partial charge in [-0.15, -0.1) is 0 Å². The monoisotopic (exact) mass is 296 g/mol. The summed E-state index contributed by atoms with van der Waals surface area (Å²) in [6.45, 7) is 2.03. The van der Waals surface area contributed by atoms with E-state index < -0.39 is 0 Å². The summed E-state index contributed by atoms with van der Waals surface area (Å²) >= 11 is 12.0. The molecule has 19 heavy (non-hydrogen) atoms. The summed E-state index contributed by atoms with van der Waals surface area (Å²) in [5.41, 5.74) is 0. The Hall–Kier alpha value is -1.03. The number of aromatic nitrogens is 1. The maximum atomic E-state index is 6.06. The minimum Gasteiger partial charge on any atom is -0.490 e. The second-order valence-electron chi connectivity index (χ2n) is 4.69. The van der Waals surface area contributed by atoms with Crippen LogP contribution < -0.4 is 10.1 Å². The molecule has 1 aromatic heterocycles. The van der Waals surface area contributed by atoms with Crippen LogP contribution in [0, 0.1) is 0 Å². The number of nitrogens with one attached hydrogen (secondary N) is 1. The van der Waals surface area contributed by atoms with Gasteiger partial charge in [-0.1, -0.05) is 23.2 Å². The zero-order valence-corrected chi connectivity index (χ0v) is 11.8. The standard InChI is InChI=1S/C14H14Cl2N2O/c15-13-8-9-7-11(1-2-12(9)14(16)18-13)19-10-3-5-17-6-4-10/h1-2,7-8,10,17H,3-6H2. The molecule has 0 aliphatic carbocycles. The third-order valence-corrected chi connectivity index (χ3v) is 3.80. The molecule has 3 rings (SSSR count). The number of pyridine rings is 1. The van der Waals surface area contributed by atoms with Crippen molar-refractivity contribution in [3.05, 3.63) is 34.6 Å². The first-order valence-corrected chi connectivity index (χ1v) is 7.11. The summed E-state index contributed by atoms with van der Waals surface area (Å²) in [4.78, 5) is 4.03. The lowest BCUT2D eigenvalue weighted by atomic mass is 10.1. The third-order valence-electron chi connectivity index (χ3n) is 3.31. The smallest absolute Gasteiger partial charge is 0.138 e. The zero-order valence-electron chi connectivity index (χ0n) is 10.3. The van der Waals surface area contributed by atoms with E-state index in [1.165, 1.54) is 0 Å². The van der Waals surface area contributed by atoms with Crippen LogP contribution in [-0.2, 0) is 0 Å². The van der Waals surface area contributed by atoms with Crippen molar-refractivity contribution in [3.63, 3.8) is 0 Å². The summed E-state index contributed by atoms with van der Waals surface area (Å²) in [5.74, 6) is 0.859. The maximum absolute atomic E-state index is 6.06. The van der Waals surface area contributed by atoms with Crippen LogP contribution in [0.4, 0.5) is 0 Å². The van der Waals surface area contributed by atoms with Crippen molar-refractivity contribution in [2.24, 2.45) is 0 Å². The Morgan fingerprint density at radius 3 is 2.74 bits per heavy atom. The van der Waals surface area contributed by atoms with Crippen molar-refractivity contribution >= 4 is 34.0 Å². The van der Waals surface area contributed by atoms with E-state index in [-0.39, 0.29) is 6.10 Å². The van der Waals surface area contributed by atoms with E-state index in [1.807, 2.05) is 18.2 Å². The Balaban J connectivity index is 1.88. The van der Waals surface area contributed by atoms with Gasteiger partial charge in [0.15, 0.2) is 0 Å². The molecule has 3 nitrogen and oxygen atoms in total. The van der Waals surface area contributed by atoms with Crippen LogP contribution in [0.1, 0.15) is 12.8 Å². The first-order chi connectivity index (χ1) is 9.22. The number of hydrogen-bond acceptors (Lipinski definition) is 3. The van der Waals surface area contributed by atoms with Crippen LogP contribution in [0.25, 0.3) is 10.8 Å². The Bertz CT molecular complexity index is 597. The molecule has 1 aromatic carbocycles. The highest BCUT2D eigenvalue weighted by atomic mass is 35.5. The largest absolute Gasteiger partial charge is 0.490 e. The number of piperidine rings is 1. The third kappa shape index (κ3) is 2.94. The molecule has 1 N–H and O–H groups in total. The fourth-order valence-electron chi connectivity index (χ4n) is 2.34. The highest BCUT2D eigenvalue weighted by Gasteiger charge is 2.14. The summed E-state index contributed by atoms with van der Waals surface area (Å²) in [6.07, 6.45) is 2.36. The lowest BCUT2D eigenvalue weighted by Gasteiger charge is -2.24.